The van der Waals surface area contributed by atoms with E-state index in [-0.39, 0.29) is 11.8 Å². The lowest BCUT2D eigenvalue weighted by molar-refractivity contribution is -0.139. The highest BCUT2D eigenvalue weighted by Crippen LogP contribution is 2.54. The number of anilines is 1. The zero-order valence-corrected chi connectivity index (χ0v) is 11.1. The molecule has 2 aliphatic rings. The summed E-state index contributed by atoms with van der Waals surface area (Å²) in [5.41, 5.74) is 0. The number of fused-ring (bicyclic) bond motifs is 1. The third kappa shape index (κ3) is 2.28. The Morgan fingerprint density at radius 1 is 1.55 bits per heavy atom. The summed E-state index contributed by atoms with van der Waals surface area (Å²) < 4.78 is 18.7. The number of halogens is 1. The van der Waals surface area contributed by atoms with E-state index in [1.165, 1.54) is 6.42 Å². The van der Waals surface area contributed by atoms with E-state index in [4.69, 9.17) is 9.84 Å². The maximum Gasteiger partial charge on any atom is 0.341 e. The minimum absolute atomic E-state index is 0.101. The molecule has 1 aromatic rings. The van der Waals surface area contributed by atoms with Crippen molar-refractivity contribution in [2.24, 2.45) is 17.8 Å². The van der Waals surface area contributed by atoms with Crippen molar-refractivity contribution in [2.75, 3.05) is 24.6 Å². The fraction of sp³-hybridized carbons (Fsp3) is 0.615. The van der Waals surface area contributed by atoms with Crippen LogP contribution in [0.1, 0.15) is 13.3 Å². The van der Waals surface area contributed by atoms with Gasteiger partial charge in [0.1, 0.15) is 0 Å². The number of carboxylic acid groups (broad SMARTS) is 1. The summed E-state index contributed by atoms with van der Waals surface area (Å²) in [6.07, 6.45) is 2.20. The van der Waals surface area contributed by atoms with Crippen molar-refractivity contribution < 1.29 is 19.0 Å². The van der Waals surface area contributed by atoms with Crippen LogP contribution in [0.5, 0.6) is 6.01 Å². The Morgan fingerprint density at radius 3 is 2.85 bits per heavy atom. The lowest BCUT2D eigenvalue weighted by Gasteiger charge is -2.21. The molecule has 1 aliphatic heterocycles. The number of carbonyl (C=O) groups is 1. The Labute approximate surface area is 115 Å². The minimum atomic E-state index is -1.12. The number of piperidine rings is 1. The van der Waals surface area contributed by atoms with E-state index in [1.807, 2.05) is 4.90 Å². The summed E-state index contributed by atoms with van der Waals surface area (Å²) in [5.74, 6) is 0.631. The number of aliphatic carboxylic acids is 1. The smallest absolute Gasteiger partial charge is 0.341 e. The molecule has 1 unspecified atom stereocenters. The summed E-state index contributed by atoms with van der Waals surface area (Å²) in [6, 6.07) is -0.101. The highest BCUT2D eigenvalue weighted by atomic mass is 19.1. The van der Waals surface area contributed by atoms with Gasteiger partial charge in [0, 0.05) is 13.1 Å². The van der Waals surface area contributed by atoms with Crippen LogP contribution in [0, 0.1) is 23.6 Å². The average Bonchev–Trinajstić information content (AvgIpc) is 2.89. The molecule has 0 spiro atoms. The Kier molecular flexibility index (Phi) is 3.19. The van der Waals surface area contributed by atoms with Gasteiger partial charge in [-0.15, -0.1) is 0 Å². The second-order valence-electron chi connectivity index (χ2n) is 5.31. The van der Waals surface area contributed by atoms with Crippen molar-refractivity contribution in [3.63, 3.8) is 0 Å². The monoisotopic (exact) mass is 281 g/mol. The molecule has 0 bridgehead atoms. The van der Waals surface area contributed by atoms with Crippen molar-refractivity contribution in [3.8, 4) is 6.01 Å². The van der Waals surface area contributed by atoms with Crippen LogP contribution in [0.2, 0.25) is 0 Å². The van der Waals surface area contributed by atoms with Gasteiger partial charge in [-0.3, -0.25) is 0 Å². The normalized spacial score (nSPS) is 27.3. The van der Waals surface area contributed by atoms with Gasteiger partial charge in [0.25, 0.3) is 0 Å². The number of ether oxygens (including phenoxy) is 1. The van der Waals surface area contributed by atoms with E-state index in [1.54, 1.807) is 0 Å². The van der Waals surface area contributed by atoms with E-state index in [9.17, 15) is 9.18 Å². The Balaban J connectivity index is 1.70. The van der Waals surface area contributed by atoms with Gasteiger partial charge in [-0.25, -0.2) is 14.2 Å². The molecule has 2 heterocycles. The highest BCUT2D eigenvalue weighted by molar-refractivity contribution is 5.68. The molecule has 1 saturated heterocycles. The van der Waals surface area contributed by atoms with Crippen molar-refractivity contribution >= 4 is 11.8 Å². The van der Waals surface area contributed by atoms with Gasteiger partial charge in [0.05, 0.1) is 6.20 Å². The number of hydrogen-bond acceptors (Lipinski definition) is 5. The van der Waals surface area contributed by atoms with Crippen LogP contribution < -0.4 is 9.64 Å². The van der Waals surface area contributed by atoms with E-state index in [0.29, 0.717) is 11.8 Å². The number of rotatable bonds is 5. The fourth-order valence-corrected chi connectivity index (χ4v) is 3.19. The van der Waals surface area contributed by atoms with Gasteiger partial charge < -0.3 is 14.7 Å². The molecule has 1 saturated carbocycles. The number of aromatic nitrogens is 2. The molecule has 0 amide bonds. The maximum absolute atomic E-state index is 13.8. The molecule has 3 atom stereocenters. The van der Waals surface area contributed by atoms with Crippen LogP contribution in [0.3, 0.4) is 0 Å². The van der Waals surface area contributed by atoms with Gasteiger partial charge >= 0.3 is 12.0 Å². The number of nitrogens with zero attached hydrogens (tertiary/aromatic N) is 3. The van der Waals surface area contributed by atoms with Gasteiger partial charge in [-0.05, 0) is 17.8 Å². The zero-order valence-electron chi connectivity index (χ0n) is 11.1. The molecule has 108 valence electrons. The first-order valence-electron chi connectivity index (χ1n) is 6.72. The van der Waals surface area contributed by atoms with Crippen LogP contribution in [-0.2, 0) is 4.79 Å². The predicted molar refractivity (Wildman–Crippen MR) is 68.1 cm³/mol. The van der Waals surface area contributed by atoms with Gasteiger partial charge in [-0.2, -0.15) is 4.98 Å². The molecule has 20 heavy (non-hydrogen) atoms. The molecule has 2 fully saturated rings. The standard InChI is InChI=1S/C13H16FN3O3/c1-2-7-8-4-17(5-9(7)8)12-10(14)3-15-13(16-12)20-6-11(18)19/h3,7-9H,2,4-6H2,1H3,(H,18,19)/t7?,8-,9+. The summed E-state index contributed by atoms with van der Waals surface area (Å²) in [4.78, 5) is 20.0. The van der Waals surface area contributed by atoms with Crippen molar-refractivity contribution in [2.45, 2.75) is 13.3 Å². The first kappa shape index (κ1) is 13.1. The molecule has 3 rings (SSSR count). The van der Waals surface area contributed by atoms with Crippen LogP contribution in [0.4, 0.5) is 10.2 Å². The zero-order chi connectivity index (χ0) is 14.3. The average molecular weight is 281 g/mol. The first-order chi connectivity index (χ1) is 9.60. The van der Waals surface area contributed by atoms with Crippen molar-refractivity contribution in [3.05, 3.63) is 12.0 Å². The van der Waals surface area contributed by atoms with Crippen LogP contribution in [0.25, 0.3) is 0 Å². The van der Waals surface area contributed by atoms with Crippen molar-refractivity contribution in [1.82, 2.24) is 9.97 Å². The largest absolute Gasteiger partial charge is 0.479 e. The van der Waals surface area contributed by atoms with E-state index in [0.717, 1.165) is 25.2 Å². The second-order valence-corrected chi connectivity index (χ2v) is 5.31. The molecule has 0 radical (unpaired) electrons. The number of hydrogen-bond donors (Lipinski definition) is 1. The lowest BCUT2D eigenvalue weighted by Crippen LogP contribution is -2.26. The SMILES string of the molecule is CCC1[C@H]2CN(c3nc(OCC(=O)O)ncc3F)C[C@@H]12. The van der Waals surface area contributed by atoms with Crippen molar-refractivity contribution in [1.29, 1.82) is 0 Å². The summed E-state index contributed by atoms with van der Waals surface area (Å²) in [5, 5.41) is 8.54. The Hall–Kier alpha value is -1.92. The topological polar surface area (TPSA) is 75.6 Å². The molecule has 1 aromatic heterocycles. The van der Waals surface area contributed by atoms with E-state index in [2.05, 4.69) is 16.9 Å². The van der Waals surface area contributed by atoms with Gasteiger partial charge in [0.15, 0.2) is 18.2 Å². The second kappa shape index (κ2) is 4.88. The summed E-state index contributed by atoms with van der Waals surface area (Å²) in [6.45, 7) is 3.25. The molecule has 7 heteroatoms. The van der Waals surface area contributed by atoms with E-state index < -0.39 is 18.4 Å². The minimum Gasteiger partial charge on any atom is -0.479 e. The summed E-state index contributed by atoms with van der Waals surface area (Å²) in [7, 11) is 0. The first-order valence-corrected chi connectivity index (χ1v) is 6.72. The molecular formula is C13H16FN3O3. The quantitative estimate of drug-likeness (QED) is 0.873. The Morgan fingerprint density at radius 2 is 2.25 bits per heavy atom. The van der Waals surface area contributed by atoms with Gasteiger partial charge in [0.2, 0.25) is 0 Å². The fourth-order valence-electron chi connectivity index (χ4n) is 3.19. The molecular weight excluding hydrogens is 265 g/mol. The van der Waals surface area contributed by atoms with Crippen LogP contribution >= 0.6 is 0 Å². The summed E-state index contributed by atoms with van der Waals surface area (Å²) >= 11 is 0. The van der Waals surface area contributed by atoms with E-state index >= 15 is 0 Å². The molecule has 6 nitrogen and oxygen atoms in total. The van der Waals surface area contributed by atoms with Gasteiger partial charge in [-0.1, -0.05) is 13.3 Å². The maximum atomic E-state index is 13.8. The lowest BCUT2D eigenvalue weighted by atomic mass is 10.2. The highest BCUT2D eigenvalue weighted by Gasteiger charge is 2.54. The third-order valence-corrected chi connectivity index (χ3v) is 4.17. The van der Waals surface area contributed by atoms with Crippen LogP contribution in [-0.4, -0.2) is 40.7 Å². The number of carboxylic acids is 1. The molecule has 0 aromatic carbocycles. The van der Waals surface area contributed by atoms with Crippen LogP contribution in [0.15, 0.2) is 6.20 Å². The third-order valence-electron chi connectivity index (χ3n) is 4.17. The predicted octanol–water partition coefficient (Wildman–Crippen LogP) is 1.17. The Bertz CT molecular complexity index is 528. The molecule has 1 aliphatic carbocycles. The molecule has 1 N–H and O–H groups in total.